The maximum atomic E-state index is 11.4. The predicted octanol–water partition coefficient (Wildman–Crippen LogP) is 0.507. The Labute approximate surface area is 105 Å². The minimum Gasteiger partial charge on any atom is -0.360 e. The molecule has 2 aliphatic heterocycles. The molecule has 2 aliphatic rings. The van der Waals surface area contributed by atoms with Crippen molar-refractivity contribution >= 4 is 23.2 Å². The predicted molar refractivity (Wildman–Crippen MR) is 68.6 cm³/mol. The van der Waals surface area contributed by atoms with Crippen LogP contribution < -0.4 is 15.5 Å². The summed E-state index contributed by atoms with van der Waals surface area (Å²) in [5, 5.41) is 5.67. The molecule has 2 N–H and O–H groups in total. The number of nitrogens with zero attached hydrogens (tertiary/aromatic N) is 1. The van der Waals surface area contributed by atoms with Crippen LogP contribution >= 0.6 is 0 Å². The lowest BCUT2D eigenvalue weighted by Crippen LogP contribution is -2.47. The minimum absolute atomic E-state index is 0.0623. The second-order valence-corrected chi connectivity index (χ2v) is 4.66. The second-order valence-electron chi connectivity index (χ2n) is 4.66. The Balaban J connectivity index is 1.85. The fourth-order valence-corrected chi connectivity index (χ4v) is 2.43. The smallest absolute Gasteiger partial charge is 0.239 e. The number of carbonyl (C=O) groups excluding carboxylic acids is 2. The van der Waals surface area contributed by atoms with Gasteiger partial charge in [0, 0.05) is 30.9 Å². The molecule has 2 heterocycles. The number of fused-ring (bicyclic) bond motifs is 1. The van der Waals surface area contributed by atoms with Gasteiger partial charge in [-0.05, 0) is 30.2 Å². The zero-order chi connectivity index (χ0) is 12.5. The molecule has 1 aromatic carbocycles. The van der Waals surface area contributed by atoms with Crippen LogP contribution in [0, 0.1) is 0 Å². The number of carbonyl (C=O) groups is 2. The number of hydrogen-bond donors (Lipinski definition) is 2. The second kappa shape index (κ2) is 4.33. The lowest BCUT2D eigenvalue weighted by molar-refractivity contribution is -0.120. The van der Waals surface area contributed by atoms with E-state index in [1.807, 2.05) is 12.1 Å². The van der Waals surface area contributed by atoms with Crippen molar-refractivity contribution in [2.75, 3.05) is 29.9 Å². The van der Waals surface area contributed by atoms with E-state index in [0.29, 0.717) is 19.5 Å². The van der Waals surface area contributed by atoms with Crippen molar-refractivity contribution in [1.29, 1.82) is 0 Å². The van der Waals surface area contributed by atoms with E-state index in [-0.39, 0.29) is 11.8 Å². The Morgan fingerprint density at radius 1 is 1.11 bits per heavy atom. The van der Waals surface area contributed by atoms with Gasteiger partial charge in [0.1, 0.15) is 0 Å². The molecule has 0 spiro atoms. The van der Waals surface area contributed by atoms with Crippen LogP contribution in [-0.4, -0.2) is 31.4 Å². The number of rotatable bonds is 1. The van der Waals surface area contributed by atoms with E-state index in [2.05, 4.69) is 21.6 Å². The molecule has 1 fully saturated rings. The van der Waals surface area contributed by atoms with E-state index in [0.717, 1.165) is 29.9 Å². The summed E-state index contributed by atoms with van der Waals surface area (Å²) in [6, 6.07) is 5.96. The Morgan fingerprint density at radius 3 is 2.83 bits per heavy atom. The maximum absolute atomic E-state index is 11.4. The van der Waals surface area contributed by atoms with E-state index in [1.165, 1.54) is 0 Å². The summed E-state index contributed by atoms with van der Waals surface area (Å²) in [4.78, 5) is 24.7. The van der Waals surface area contributed by atoms with E-state index < -0.39 is 0 Å². The van der Waals surface area contributed by atoms with Crippen LogP contribution in [-0.2, 0) is 16.0 Å². The van der Waals surface area contributed by atoms with Crippen LogP contribution in [0.2, 0.25) is 0 Å². The first-order valence-electron chi connectivity index (χ1n) is 6.17. The molecule has 5 nitrogen and oxygen atoms in total. The van der Waals surface area contributed by atoms with E-state index in [9.17, 15) is 9.59 Å². The first-order valence-corrected chi connectivity index (χ1v) is 6.17. The molecular formula is C13H15N3O2. The van der Waals surface area contributed by atoms with Crippen LogP contribution in [0.5, 0.6) is 0 Å². The van der Waals surface area contributed by atoms with Crippen LogP contribution in [0.1, 0.15) is 12.0 Å². The summed E-state index contributed by atoms with van der Waals surface area (Å²) in [5.74, 6) is 0.139. The average Bonchev–Trinajstić information content (AvgIpc) is 2.38. The minimum atomic E-state index is 0.0623. The average molecular weight is 245 g/mol. The maximum Gasteiger partial charge on any atom is 0.239 e. The summed E-state index contributed by atoms with van der Waals surface area (Å²) < 4.78 is 0. The van der Waals surface area contributed by atoms with Crippen LogP contribution in [0.3, 0.4) is 0 Å². The number of nitrogens with one attached hydrogen (secondary N) is 2. The van der Waals surface area contributed by atoms with Crippen molar-refractivity contribution in [2.24, 2.45) is 0 Å². The third-order valence-corrected chi connectivity index (χ3v) is 3.39. The molecule has 1 aromatic rings. The summed E-state index contributed by atoms with van der Waals surface area (Å²) in [6.07, 6.45) is 1.31. The monoisotopic (exact) mass is 245 g/mol. The number of piperazine rings is 1. The number of hydrogen-bond acceptors (Lipinski definition) is 3. The molecule has 0 unspecified atom stereocenters. The van der Waals surface area contributed by atoms with Crippen molar-refractivity contribution in [3.8, 4) is 0 Å². The fraction of sp³-hybridized carbons (Fsp3) is 0.385. The molecule has 0 bridgehead atoms. The first kappa shape index (κ1) is 11.1. The molecule has 5 heteroatoms. The molecule has 3 rings (SSSR count). The quantitative estimate of drug-likeness (QED) is 0.757. The van der Waals surface area contributed by atoms with Crippen molar-refractivity contribution in [3.63, 3.8) is 0 Å². The zero-order valence-electron chi connectivity index (χ0n) is 10.0. The molecule has 0 aliphatic carbocycles. The van der Waals surface area contributed by atoms with E-state index in [1.54, 1.807) is 0 Å². The van der Waals surface area contributed by atoms with Gasteiger partial charge in [-0.2, -0.15) is 0 Å². The van der Waals surface area contributed by atoms with Gasteiger partial charge in [0.25, 0.3) is 0 Å². The largest absolute Gasteiger partial charge is 0.360 e. The van der Waals surface area contributed by atoms with Gasteiger partial charge in [-0.1, -0.05) is 0 Å². The summed E-state index contributed by atoms with van der Waals surface area (Å²) in [6.45, 7) is 1.93. The van der Waals surface area contributed by atoms with E-state index in [4.69, 9.17) is 0 Å². The molecule has 0 aromatic heterocycles. The Hall–Kier alpha value is -2.04. The fourth-order valence-electron chi connectivity index (χ4n) is 2.43. The number of aryl methyl sites for hydroxylation is 1. The van der Waals surface area contributed by atoms with Gasteiger partial charge in [0.05, 0.1) is 6.54 Å². The molecule has 2 amide bonds. The summed E-state index contributed by atoms with van der Waals surface area (Å²) in [7, 11) is 0. The highest BCUT2D eigenvalue weighted by molar-refractivity contribution is 5.94. The molecule has 0 saturated carbocycles. The van der Waals surface area contributed by atoms with Crippen molar-refractivity contribution in [3.05, 3.63) is 23.8 Å². The molecule has 18 heavy (non-hydrogen) atoms. The SMILES string of the molecule is O=C1CN(c2ccc3c(c2)CCC(=O)N3)CCN1. The van der Waals surface area contributed by atoms with E-state index >= 15 is 0 Å². The highest BCUT2D eigenvalue weighted by atomic mass is 16.2. The van der Waals surface area contributed by atoms with Crippen LogP contribution in [0.25, 0.3) is 0 Å². The number of benzene rings is 1. The van der Waals surface area contributed by atoms with Crippen molar-refractivity contribution in [2.45, 2.75) is 12.8 Å². The molecular weight excluding hydrogens is 230 g/mol. The normalized spacial score (nSPS) is 19.0. The third kappa shape index (κ3) is 2.03. The van der Waals surface area contributed by atoms with Crippen LogP contribution in [0.15, 0.2) is 18.2 Å². The highest BCUT2D eigenvalue weighted by Crippen LogP contribution is 2.27. The van der Waals surface area contributed by atoms with Gasteiger partial charge in [-0.25, -0.2) is 0 Å². The van der Waals surface area contributed by atoms with Crippen molar-refractivity contribution in [1.82, 2.24) is 5.32 Å². The molecule has 0 atom stereocenters. The topological polar surface area (TPSA) is 61.4 Å². The third-order valence-electron chi connectivity index (χ3n) is 3.39. The summed E-state index contributed by atoms with van der Waals surface area (Å²) >= 11 is 0. The highest BCUT2D eigenvalue weighted by Gasteiger charge is 2.19. The standard InChI is InChI=1S/C13H15N3O2/c17-12-4-1-9-7-10(2-3-11(9)15-12)16-6-5-14-13(18)8-16/h2-3,7H,1,4-6,8H2,(H,14,18)(H,15,17). The van der Waals surface area contributed by atoms with Gasteiger partial charge < -0.3 is 15.5 Å². The number of anilines is 2. The molecule has 94 valence electrons. The van der Waals surface area contributed by atoms with Crippen LogP contribution in [0.4, 0.5) is 11.4 Å². The molecule has 1 saturated heterocycles. The van der Waals surface area contributed by atoms with Gasteiger partial charge in [0.2, 0.25) is 11.8 Å². The zero-order valence-corrected chi connectivity index (χ0v) is 10.0. The molecule has 0 radical (unpaired) electrons. The lowest BCUT2D eigenvalue weighted by Gasteiger charge is -2.29. The number of amides is 2. The van der Waals surface area contributed by atoms with Gasteiger partial charge >= 0.3 is 0 Å². The summed E-state index contributed by atoms with van der Waals surface area (Å²) in [5.41, 5.74) is 3.11. The van der Waals surface area contributed by atoms with Gasteiger partial charge in [-0.3, -0.25) is 9.59 Å². The first-order chi connectivity index (χ1) is 8.72. The Morgan fingerprint density at radius 2 is 2.00 bits per heavy atom. The van der Waals surface area contributed by atoms with Gasteiger partial charge in [0.15, 0.2) is 0 Å². The Bertz CT molecular complexity index is 513. The van der Waals surface area contributed by atoms with Gasteiger partial charge in [-0.15, -0.1) is 0 Å². The lowest BCUT2D eigenvalue weighted by atomic mass is 10.0. The van der Waals surface area contributed by atoms with Crippen molar-refractivity contribution < 1.29 is 9.59 Å². The Kier molecular flexibility index (Phi) is 2.66.